The van der Waals surface area contributed by atoms with E-state index in [0.29, 0.717) is 18.4 Å². The SMILES string of the molecule is O=C(CC1CNc2ccccc21)NC1CC=CC1. The van der Waals surface area contributed by atoms with Gasteiger partial charge < -0.3 is 10.6 Å². The van der Waals surface area contributed by atoms with Crippen LogP contribution in [0.4, 0.5) is 5.69 Å². The molecule has 2 N–H and O–H groups in total. The number of nitrogens with one attached hydrogen (secondary N) is 2. The average molecular weight is 242 g/mol. The van der Waals surface area contributed by atoms with Gasteiger partial charge in [-0.1, -0.05) is 30.4 Å². The zero-order chi connectivity index (χ0) is 12.4. The highest BCUT2D eigenvalue weighted by molar-refractivity contribution is 5.78. The third-order valence-corrected chi connectivity index (χ3v) is 3.74. The van der Waals surface area contributed by atoms with Crippen molar-refractivity contribution in [3.63, 3.8) is 0 Å². The molecular formula is C15H18N2O. The Kier molecular flexibility index (Phi) is 3.05. The predicted molar refractivity (Wildman–Crippen MR) is 72.6 cm³/mol. The molecule has 0 spiro atoms. The number of rotatable bonds is 3. The summed E-state index contributed by atoms with van der Waals surface area (Å²) >= 11 is 0. The molecule has 1 heterocycles. The molecule has 1 aliphatic carbocycles. The summed E-state index contributed by atoms with van der Waals surface area (Å²) < 4.78 is 0. The summed E-state index contributed by atoms with van der Waals surface area (Å²) in [5.41, 5.74) is 2.45. The van der Waals surface area contributed by atoms with Crippen LogP contribution in [0.2, 0.25) is 0 Å². The van der Waals surface area contributed by atoms with Crippen molar-refractivity contribution in [3.05, 3.63) is 42.0 Å². The molecule has 1 unspecified atom stereocenters. The molecule has 3 nitrogen and oxygen atoms in total. The van der Waals surface area contributed by atoms with Crippen molar-refractivity contribution in [3.8, 4) is 0 Å². The molecule has 1 aliphatic heterocycles. The normalized spacial score (nSPS) is 21.7. The highest BCUT2D eigenvalue weighted by Crippen LogP contribution is 2.33. The first-order valence-electron chi connectivity index (χ1n) is 6.60. The predicted octanol–water partition coefficient (Wildman–Crippen LogP) is 2.42. The van der Waals surface area contributed by atoms with Gasteiger partial charge in [-0.2, -0.15) is 0 Å². The molecule has 2 aliphatic rings. The van der Waals surface area contributed by atoms with Crippen molar-refractivity contribution in [2.24, 2.45) is 0 Å². The van der Waals surface area contributed by atoms with E-state index in [9.17, 15) is 4.79 Å². The first-order chi connectivity index (χ1) is 8.83. The number of carbonyl (C=O) groups is 1. The van der Waals surface area contributed by atoms with Crippen LogP contribution in [0.15, 0.2) is 36.4 Å². The third-order valence-electron chi connectivity index (χ3n) is 3.74. The van der Waals surface area contributed by atoms with E-state index < -0.39 is 0 Å². The number of hydrogen-bond acceptors (Lipinski definition) is 2. The Morgan fingerprint density at radius 3 is 2.89 bits per heavy atom. The summed E-state index contributed by atoms with van der Waals surface area (Å²) in [5, 5.41) is 6.46. The van der Waals surface area contributed by atoms with Crippen LogP contribution >= 0.6 is 0 Å². The molecule has 0 bridgehead atoms. The second kappa shape index (κ2) is 4.84. The maximum atomic E-state index is 12.0. The maximum Gasteiger partial charge on any atom is 0.220 e. The van der Waals surface area contributed by atoms with Gasteiger partial charge in [0.15, 0.2) is 0 Å². The molecule has 18 heavy (non-hydrogen) atoms. The standard InChI is InChI=1S/C15H18N2O/c18-15(17-12-5-1-2-6-12)9-11-10-16-14-8-4-3-7-13(11)14/h1-4,7-8,11-12,16H,5-6,9-10H2,(H,17,18). The molecule has 94 valence electrons. The minimum atomic E-state index is 0.173. The number of anilines is 1. The van der Waals surface area contributed by atoms with Gasteiger partial charge in [-0.3, -0.25) is 4.79 Å². The van der Waals surface area contributed by atoms with E-state index in [1.54, 1.807) is 0 Å². The number of benzene rings is 1. The van der Waals surface area contributed by atoms with Gasteiger partial charge in [0.25, 0.3) is 0 Å². The van der Waals surface area contributed by atoms with Crippen LogP contribution in [-0.2, 0) is 4.79 Å². The molecule has 0 saturated carbocycles. The first-order valence-corrected chi connectivity index (χ1v) is 6.60. The lowest BCUT2D eigenvalue weighted by Crippen LogP contribution is -2.33. The second-order valence-corrected chi connectivity index (χ2v) is 5.08. The lowest BCUT2D eigenvalue weighted by Gasteiger charge is -2.14. The summed E-state index contributed by atoms with van der Waals surface area (Å²) in [7, 11) is 0. The highest BCUT2D eigenvalue weighted by atomic mass is 16.1. The molecular weight excluding hydrogens is 224 g/mol. The molecule has 1 amide bonds. The van der Waals surface area contributed by atoms with Gasteiger partial charge in [-0.25, -0.2) is 0 Å². The summed E-state index contributed by atoms with van der Waals surface area (Å²) in [6.45, 7) is 0.871. The quantitative estimate of drug-likeness (QED) is 0.799. The van der Waals surface area contributed by atoms with Gasteiger partial charge in [0.05, 0.1) is 0 Å². The minimum absolute atomic E-state index is 0.173. The topological polar surface area (TPSA) is 41.1 Å². The van der Waals surface area contributed by atoms with Gasteiger partial charge in [-0.05, 0) is 24.5 Å². The number of amides is 1. The smallest absolute Gasteiger partial charge is 0.220 e. The Labute approximate surface area is 107 Å². The Morgan fingerprint density at radius 1 is 1.28 bits per heavy atom. The van der Waals surface area contributed by atoms with Gasteiger partial charge in [0, 0.05) is 30.6 Å². The van der Waals surface area contributed by atoms with Crippen molar-refractivity contribution in [1.29, 1.82) is 0 Å². The van der Waals surface area contributed by atoms with Crippen molar-refractivity contribution in [2.45, 2.75) is 31.2 Å². The van der Waals surface area contributed by atoms with E-state index >= 15 is 0 Å². The maximum absolute atomic E-state index is 12.0. The monoisotopic (exact) mass is 242 g/mol. The van der Waals surface area contributed by atoms with Crippen LogP contribution in [0.3, 0.4) is 0 Å². The lowest BCUT2D eigenvalue weighted by atomic mass is 9.97. The van der Waals surface area contributed by atoms with E-state index in [1.165, 1.54) is 11.3 Å². The summed E-state index contributed by atoms with van der Waals surface area (Å²) in [6, 6.07) is 8.58. The Morgan fingerprint density at radius 2 is 2.06 bits per heavy atom. The molecule has 3 rings (SSSR count). The first kappa shape index (κ1) is 11.3. The van der Waals surface area contributed by atoms with Crippen LogP contribution in [-0.4, -0.2) is 18.5 Å². The highest BCUT2D eigenvalue weighted by Gasteiger charge is 2.24. The van der Waals surface area contributed by atoms with Crippen LogP contribution in [0, 0.1) is 0 Å². The van der Waals surface area contributed by atoms with Crippen molar-refractivity contribution in [2.75, 3.05) is 11.9 Å². The van der Waals surface area contributed by atoms with Crippen LogP contribution in [0.1, 0.15) is 30.7 Å². The van der Waals surface area contributed by atoms with Crippen LogP contribution in [0.5, 0.6) is 0 Å². The number of carbonyl (C=O) groups excluding carboxylic acids is 1. The van der Waals surface area contributed by atoms with E-state index in [0.717, 1.165) is 19.4 Å². The zero-order valence-electron chi connectivity index (χ0n) is 10.4. The number of hydrogen-bond donors (Lipinski definition) is 2. The number of para-hydroxylation sites is 1. The van der Waals surface area contributed by atoms with Gasteiger partial charge in [0.1, 0.15) is 0 Å². The van der Waals surface area contributed by atoms with Crippen molar-refractivity contribution in [1.82, 2.24) is 5.32 Å². The fourth-order valence-electron chi connectivity index (χ4n) is 2.78. The largest absolute Gasteiger partial charge is 0.384 e. The molecule has 0 aromatic heterocycles. The zero-order valence-corrected chi connectivity index (χ0v) is 10.4. The van der Waals surface area contributed by atoms with Gasteiger partial charge >= 0.3 is 0 Å². The Bertz CT molecular complexity index is 473. The fraction of sp³-hybridized carbons (Fsp3) is 0.400. The van der Waals surface area contributed by atoms with E-state index in [-0.39, 0.29) is 5.91 Å². The van der Waals surface area contributed by atoms with Crippen molar-refractivity contribution < 1.29 is 4.79 Å². The molecule has 0 saturated heterocycles. The lowest BCUT2D eigenvalue weighted by molar-refractivity contribution is -0.122. The summed E-state index contributed by atoms with van der Waals surface area (Å²) in [6.07, 6.45) is 6.81. The van der Waals surface area contributed by atoms with E-state index in [1.807, 2.05) is 12.1 Å². The average Bonchev–Trinajstić information content (AvgIpc) is 3.00. The van der Waals surface area contributed by atoms with Gasteiger partial charge in [-0.15, -0.1) is 0 Å². The number of fused-ring (bicyclic) bond motifs is 1. The van der Waals surface area contributed by atoms with Gasteiger partial charge in [0.2, 0.25) is 5.91 Å². The van der Waals surface area contributed by atoms with Crippen LogP contribution < -0.4 is 10.6 Å². The Balaban J connectivity index is 1.59. The second-order valence-electron chi connectivity index (χ2n) is 5.08. The molecule has 1 aromatic rings. The molecule has 0 fully saturated rings. The van der Waals surface area contributed by atoms with Crippen LogP contribution in [0.25, 0.3) is 0 Å². The fourth-order valence-corrected chi connectivity index (χ4v) is 2.78. The minimum Gasteiger partial charge on any atom is -0.384 e. The van der Waals surface area contributed by atoms with E-state index in [4.69, 9.17) is 0 Å². The van der Waals surface area contributed by atoms with E-state index in [2.05, 4.69) is 34.9 Å². The van der Waals surface area contributed by atoms with Crippen molar-refractivity contribution >= 4 is 11.6 Å². The molecule has 0 radical (unpaired) electrons. The molecule has 3 heteroatoms. The molecule has 1 aromatic carbocycles. The third kappa shape index (κ3) is 2.26. The molecule has 1 atom stereocenters. The summed E-state index contributed by atoms with van der Waals surface area (Å²) in [4.78, 5) is 12.0. The summed E-state index contributed by atoms with van der Waals surface area (Å²) in [5.74, 6) is 0.489. The Hall–Kier alpha value is -1.77.